The van der Waals surface area contributed by atoms with Crippen molar-refractivity contribution in [3.8, 4) is 0 Å². The van der Waals surface area contributed by atoms with Gasteiger partial charge in [0.25, 0.3) is 15.9 Å². The van der Waals surface area contributed by atoms with Crippen LogP contribution in [0.25, 0.3) is 0 Å². The van der Waals surface area contributed by atoms with E-state index in [9.17, 15) is 26.0 Å². The summed E-state index contributed by atoms with van der Waals surface area (Å²) in [6.07, 6.45) is 0. The maximum Gasteiger partial charge on any atom is 0.303 e. The van der Waals surface area contributed by atoms with Gasteiger partial charge in [0.1, 0.15) is 5.82 Å². The Balaban J connectivity index is 1.46. The quantitative estimate of drug-likeness (QED) is 0.267. The lowest BCUT2D eigenvalue weighted by Gasteiger charge is -2.27. The molecule has 4 aromatic carbocycles. The van der Waals surface area contributed by atoms with E-state index in [0.717, 1.165) is 14.2 Å². The van der Waals surface area contributed by atoms with Crippen LogP contribution in [-0.4, -0.2) is 41.1 Å². The number of amides is 1. The van der Waals surface area contributed by atoms with Gasteiger partial charge in [-0.1, -0.05) is 42.5 Å². The standard InChI is InChI=1S/C29H29FN4O5S2/c1-21-8-4-6-10-27(21)32-40(36,37)25-18-16-24(17-19-25)31-29(35)23-14-12-22(13-15-23)20-34(41(38,39)33(2)3)28-11-7-5-9-26(28)30/h4-19,32H,20H2,1-3H3,(H,31,35). The second-order valence-corrected chi connectivity index (χ2v) is 13.1. The highest BCUT2D eigenvalue weighted by molar-refractivity contribution is 7.92. The normalized spacial score (nSPS) is 11.7. The number of hydrogen-bond donors (Lipinski definition) is 2. The fraction of sp³-hybridized carbons (Fsp3) is 0.138. The van der Waals surface area contributed by atoms with E-state index < -0.39 is 32.0 Å². The van der Waals surface area contributed by atoms with E-state index in [4.69, 9.17) is 0 Å². The fourth-order valence-corrected chi connectivity index (χ4v) is 6.12. The van der Waals surface area contributed by atoms with Crippen LogP contribution in [0.15, 0.2) is 102 Å². The lowest BCUT2D eigenvalue weighted by molar-refractivity contribution is 0.102. The number of aryl methyl sites for hydroxylation is 1. The van der Waals surface area contributed by atoms with E-state index in [1.54, 1.807) is 43.3 Å². The van der Waals surface area contributed by atoms with Gasteiger partial charge in [0.05, 0.1) is 22.8 Å². The van der Waals surface area contributed by atoms with Crippen molar-refractivity contribution in [2.75, 3.05) is 28.4 Å². The van der Waals surface area contributed by atoms with Crippen molar-refractivity contribution in [3.63, 3.8) is 0 Å². The van der Waals surface area contributed by atoms with Gasteiger partial charge < -0.3 is 5.32 Å². The van der Waals surface area contributed by atoms with Gasteiger partial charge in [-0.25, -0.2) is 12.8 Å². The Kier molecular flexibility index (Phi) is 8.76. The van der Waals surface area contributed by atoms with Gasteiger partial charge >= 0.3 is 10.2 Å². The third-order valence-electron chi connectivity index (χ3n) is 6.22. The molecular weight excluding hydrogens is 567 g/mol. The van der Waals surface area contributed by atoms with Crippen molar-refractivity contribution >= 4 is 43.2 Å². The number of nitrogens with one attached hydrogen (secondary N) is 2. The maximum atomic E-state index is 14.5. The predicted molar refractivity (Wildman–Crippen MR) is 158 cm³/mol. The number of carbonyl (C=O) groups is 1. The molecule has 0 spiro atoms. The van der Waals surface area contributed by atoms with Crippen LogP contribution >= 0.6 is 0 Å². The lowest BCUT2D eigenvalue weighted by atomic mass is 10.1. The molecule has 0 heterocycles. The molecule has 41 heavy (non-hydrogen) atoms. The molecule has 214 valence electrons. The average Bonchev–Trinajstić information content (AvgIpc) is 2.94. The highest BCUT2D eigenvalue weighted by atomic mass is 32.2. The number of nitrogens with zero attached hydrogens (tertiary/aromatic N) is 2. The summed E-state index contributed by atoms with van der Waals surface area (Å²) in [7, 11) is -5.12. The second-order valence-electron chi connectivity index (χ2n) is 9.34. The molecule has 4 aromatic rings. The van der Waals surface area contributed by atoms with E-state index >= 15 is 0 Å². The molecule has 0 radical (unpaired) electrons. The molecular formula is C29H29FN4O5S2. The third kappa shape index (κ3) is 6.91. The first kappa shape index (κ1) is 29.7. The number of halogens is 1. The van der Waals surface area contributed by atoms with Gasteiger partial charge in [0.2, 0.25) is 0 Å². The Bertz CT molecular complexity index is 1760. The molecule has 0 aliphatic carbocycles. The number of sulfonamides is 1. The molecule has 2 N–H and O–H groups in total. The van der Waals surface area contributed by atoms with Crippen LogP contribution in [0, 0.1) is 12.7 Å². The Morgan fingerprint density at radius 2 is 1.41 bits per heavy atom. The summed E-state index contributed by atoms with van der Waals surface area (Å²) >= 11 is 0. The van der Waals surface area contributed by atoms with E-state index in [1.165, 1.54) is 68.7 Å². The monoisotopic (exact) mass is 596 g/mol. The van der Waals surface area contributed by atoms with Crippen LogP contribution in [0.5, 0.6) is 0 Å². The summed E-state index contributed by atoms with van der Waals surface area (Å²) < 4.78 is 70.4. The van der Waals surface area contributed by atoms with Gasteiger partial charge in [-0.05, 0) is 72.6 Å². The second kappa shape index (κ2) is 12.1. The maximum absolute atomic E-state index is 14.5. The molecule has 4 rings (SSSR count). The predicted octanol–water partition coefficient (Wildman–Crippen LogP) is 5.00. The highest BCUT2D eigenvalue weighted by Gasteiger charge is 2.27. The Labute approximate surface area is 239 Å². The molecule has 0 aliphatic heterocycles. The van der Waals surface area contributed by atoms with Crippen molar-refractivity contribution in [1.29, 1.82) is 0 Å². The number of anilines is 3. The van der Waals surface area contributed by atoms with E-state index in [2.05, 4.69) is 10.0 Å². The van der Waals surface area contributed by atoms with Gasteiger partial charge in [-0.15, -0.1) is 0 Å². The summed E-state index contributed by atoms with van der Waals surface area (Å²) in [5.41, 5.74) is 2.37. The first-order valence-corrected chi connectivity index (χ1v) is 15.3. The van der Waals surface area contributed by atoms with Crippen molar-refractivity contribution in [2.24, 2.45) is 0 Å². The molecule has 1 amide bonds. The molecule has 9 nitrogen and oxygen atoms in total. The zero-order chi connectivity index (χ0) is 29.8. The molecule has 12 heteroatoms. The smallest absolute Gasteiger partial charge is 0.303 e. The van der Waals surface area contributed by atoms with Crippen molar-refractivity contribution in [3.05, 3.63) is 120 Å². The average molecular weight is 597 g/mol. The number of carbonyl (C=O) groups excluding carboxylic acids is 1. The summed E-state index contributed by atoms with van der Waals surface area (Å²) in [5, 5.41) is 2.71. The fourth-order valence-electron chi connectivity index (χ4n) is 3.88. The van der Waals surface area contributed by atoms with Gasteiger partial charge in [0.15, 0.2) is 0 Å². The molecule has 0 bridgehead atoms. The molecule has 0 fully saturated rings. The first-order valence-electron chi connectivity index (χ1n) is 12.4. The molecule has 0 aliphatic rings. The Morgan fingerprint density at radius 3 is 2.02 bits per heavy atom. The number of para-hydroxylation sites is 2. The van der Waals surface area contributed by atoms with Crippen LogP contribution in [-0.2, 0) is 26.8 Å². The number of rotatable bonds is 10. The highest BCUT2D eigenvalue weighted by Crippen LogP contribution is 2.26. The van der Waals surface area contributed by atoms with E-state index in [0.29, 0.717) is 22.5 Å². The zero-order valence-corrected chi connectivity index (χ0v) is 24.2. The molecule has 0 saturated carbocycles. The van der Waals surface area contributed by atoms with Crippen LogP contribution in [0.4, 0.5) is 21.5 Å². The molecule has 0 aromatic heterocycles. The Morgan fingerprint density at radius 1 is 0.805 bits per heavy atom. The van der Waals surface area contributed by atoms with Gasteiger partial charge in [-0.2, -0.15) is 12.7 Å². The minimum atomic E-state index is -4.01. The summed E-state index contributed by atoms with van der Waals surface area (Å²) in [6.45, 7) is 1.64. The summed E-state index contributed by atoms with van der Waals surface area (Å²) in [6, 6.07) is 24.6. The molecule has 0 saturated heterocycles. The van der Waals surface area contributed by atoms with Crippen LogP contribution < -0.4 is 14.3 Å². The summed E-state index contributed by atoms with van der Waals surface area (Å²) in [4.78, 5) is 12.9. The number of hydrogen-bond acceptors (Lipinski definition) is 5. The first-order chi connectivity index (χ1) is 19.4. The molecule has 0 atom stereocenters. The topological polar surface area (TPSA) is 116 Å². The van der Waals surface area contributed by atoms with Gasteiger partial charge in [-0.3, -0.25) is 13.8 Å². The number of benzene rings is 4. The van der Waals surface area contributed by atoms with Crippen molar-refractivity contribution in [2.45, 2.75) is 18.4 Å². The van der Waals surface area contributed by atoms with Crippen molar-refractivity contribution in [1.82, 2.24) is 4.31 Å². The lowest BCUT2D eigenvalue weighted by Crippen LogP contribution is -2.40. The molecule has 0 unspecified atom stereocenters. The van der Waals surface area contributed by atoms with Gasteiger partial charge in [0, 0.05) is 25.3 Å². The van der Waals surface area contributed by atoms with E-state index in [-0.39, 0.29) is 17.1 Å². The third-order valence-corrected chi connectivity index (χ3v) is 9.40. The van der Waals surface area contributed by atoms with Crippen LogP contribution in [0.1, 0.15) is 21.5 Å². The van der Waals surface area contributed by atoms with Crippen molar-refractivity contribution < 1.29 is 26.0 Å². The Hall–Kier alpha value is -4.26. The SMILES string of the molecule is Cc1ccccc1NS(=O)(=O)c1ccc(NC(=O)c2ccc(CN(c3ccccc3F)S(=O)(=O)N(C)C)cc2)cc1. The van der Waals surface area contributed by atoms with Crippen LogP contribution in [0.3, 0.4) is 0 Å². The minimum absolute atomic E-state index is 0.0372. The minimum Gasteiger partial charge on any atom is -0.322 e. The largest absolute Gasteiger partial charge is 0.322 e. The summed E-state index contributed by atoms with van der Waals surface area (Å²) in [5.74, 6) is -1.13. The van der Waals surface area contributed by atoms with E-state index in [1.807, 2.05) is 6.07 Å². The zero-order valence-electron chi connectivity index (χ0n) is 22.6. The van der Waals surface area contributed by atoms with Crippen LogP contribution in [0.2, 0.25) is 0 Å².